The van der Waals surface area contributed by atoms with Gasteiger partial charge in [-0.25, -0.2) is 9.59 Å². The van der Waals surface area contributed by atoms with Crippen LogP contribution in [0.3, 0.4) is 0 Å². The largest absolute Gasteiger partial charge is 0.479 e. The molecule has 0 aromatic heterocycles. The highest BCUT2D eigenvalue weighted by atomic mass is 19.4. The van der Waals surface area contributed by atoms with Crippen molar-refractivity contribution < 1.29 is 32.6 Å². The molecular formula is C18H16F3NO4. The van der Waals surface area contributed by atoms with Crippen LogP contribution in [0.15, 0.2) is 60.7 Å². The molecule has 26 heavy (non-hydrogen) atoms. The van der Waals surface area contributed by atoms with Gasteiger partial charge in [0.1, 0.15) is 6.61 Å². The summed E-state index contributed by atoms with van der Waals surface area (Å²) >= 11 is 0. The molecule has 5 nitrogen and oxygen atoms in total. The van der Waals surface area contributed by atoms with Gasteiger partial charge >= 0.3 is 18.2 Å². The first kappa shape index (κ1) is 19.3. The van der Waals surface area contributed by atoms with Crippen molar-refractivity contribution in [3.8, 4) is 0 Å². The Hall–Kier alpha value is -3.03. The second kappa shape index (κ2) is 7.90. The number of hydrogen-bond donors (Lipinski definition) is 2. The van der Waals surface area contributed by atoms with Crippen LogP contribution in [0.5, 0.6) is 0 Å². The number of rotatable bonds is 6. The molecule has 2 aromatic rings. The van der Waals surface area contributed by atoms with Crippen LogP contribution in [0.25, 0.3) is 0 Å². The molecule has 0 aliphatic carbocycles. The lowest BCUT2D eigenvalue weighted by Crippen LogP contribution is -2.65. The number of alkyl halides is 3. The van der Waals surface area contributed by atoms with Crippen molar-refractivity contribution >= 4 is 12.1 Å². The van der Waals surface area contributed by atoms with E-state index in [0.717, 1.165) is 0 Å². The highest BCUT2D eigenvalue weighted by Crippen LogP contribution is 2.34. The zero-order valence-corrected chi connectivity index (χ0v) is 13.5. The van der Waals surface area contributed by atoms with Gasteiger partial charge in [-0.2, -0.15) is 13.2 Å². The monoisotopic (exact) mass is 367 g/mol. The molecule has 0 spiro atoms. The number of hydrogen-bond acceptors (Lipinski definition) is 3. The van der Waals surface area contributed by atoms with E-state index < -0.39 is 30.2 Å². The fraction of sp³-hybridized carbons (Fsp3) is 0.222. The summed E-state index contributed by atoms with van der Waals surface area (Å²) in [6, 6.07) is 15.5. The quantitative estimate of drug-likeness (QED) is 0.819. The number of ether oxygens (including phenoxy) is 1. The van der Waals surface area contributed by atoms with Crippen LogP contribution in [0.1, 0.15) is 11.1 Å². The maximum atomic E-state index is 13.6. The van der Waals surface area contributed by atoms with Crippen LogP contribution in [-0.2, 0) is 22.6 Å². The molecule has 0 aliphatic heterocycles. The molecule has 2 rings (SSSR count). The minimum atomic E-state index is -5.24. The maximum absolute atomic E-state index is 13.6. The first-order valence-electron chi connectivity index (χ1n) is 7.57. The predicted molar refractivity (Wildman–Crippen MR) is 86.3 cm³/mol. The third-order valence-corrected chi connectivity index (χ3v) is 3.69. The first-order chi connectivity index (χ1) is 12.2. The van der Waals surface area contributed by atoms with Gasteiger partial charge in [0.05, 0.1) is 0 Å². The number of amides is 1. The molecule has 0 saturated heterocycles. The summed E-state index contributed by atoms with van der Waals surface area (Å²) in [5.41, 5.74) is -2.84. The van der Waals surface area contributed by atoms with Gasteiger partial charge in [0, 0.05) is 6.42 Å². The van der Waals surface area contributed by atoms with Crippen LogP contribution >= 0.6 is 0 Å². The summed E-state index contributed by atoms with van der Waals surface area (Å²) in [6.07, 6.45) is -7.67. The van der Waals surface area contributed by atoms with E-state index in [4.69, 9.17) is 4.74 Å². The average molecular weight is 367 g/mol. The normalized spacial score (nSPS) is 13.5. The Balaban J connectivity index is 2.20. The van der Waals surface area contributed by atoms with E-state index in [1.165, 1.54) is 29.6 Å². The lowest BCUT2D eigenvalue weighted by molar-refractivity contribution is -0.208. The lowest BCUT2D eigenvalue weighted by Gasteiger charge is -2.32. The zero-order valence-electron chi connectivity index (χ0n) is 13.5. The smallest absolute Gasteiger partial charge is 0.422 e. The number of aliphatic carboxylic acids is 1. The number of carbonyl (C=O) groups is 2. The topological polar surface area (TPSA) is 75.6 Å². The molecule has 1 unspecified atom stereocenters. The van der Waals surface area contributed by atoms with Crippen molar-refractivity contribution in [2.75, 3.05) is 0 Å². The van der Waals surface area contributed by atoms with Crippen LogP contribution in [0.2, 0.25) is 0 Å². The van der Waals surface area contributed by atoms with Gasteiger partial charge in [0.15, 0.2) is 0 Å². The number of alkyl carbamates (subject to hydrolysis) is 1. The number of carbonyl (C=O) groups excluding carboxylic acids is 1. The zero-order chi connectivity index (χ0) is 19.2. The van der Waals surface area contributed by atoms with E-state index in [1.54, 1.807) is 36.4 Å². The SMILES string of the molecule is O=C(NC(Cc1ccccc1)(C(=O)O)C(F)(F)F)OCc1ccccc1. The van der Waals surface area contributed by atoms with Crippen molar-refractivity contribution in [1.82, 2.24) is 5.32 Å². The number of benzene rings is 2. The Bertz CT molecular complexity index is 750. The molecule has 0 heterocycles. The molecule has 0 bridgehead atoms. The van der Waals surface area contributed by atoms with E-state index in [-0.39, 0.29) is 12.2 Å². The highest BCUT2D eigenvalue weighted by Gasteiger charge is 2.62. The van der Waals surface area contributed by atoms with Gasteiger partial charge in [-0.15, -0.1) is 0 Å². The maximum Gasteiger partial charge on any atom is 0.422 e. The molecule has 0 aliphatic rings. The summed E-state index contributed by atoms with van der Waals surface area (Å²) in [6.45, 7) is -0.286. The van der Waals surface area contributed by atoms with Gasteiger partial charge in [-0.3, -0.25) is 5.32 Å². The third-order valence-electron chi connectivity index (χ3n) is 3.69. The van der Waals surface area contributed by atoms with E-state index in [9.17, 15) is 27.9 Å². The number of carboxylic acid groups (broad SMARTS) is 1. The molecule has 1 atom stereocenters. The van der Waals surface area contributed by atoms with Gasteiger partial charge in [-0.1, -0.05) is 60.7 Å². The summed E-state index contributed by atoms with van der Waals surface area (Å²) in [5, 5.41) is 10.8. The van der Waals surface area contributed by atoms with Crippen molar-refractivity contribution in [2.24, 2.45) is 0 Å². The van der Waals surface area contributed by atoms with Crippen LogP contribution in [0, 0.1) is 0 Å². The molecule has 8 heteroatoms. The first-order valence-corrected chi connectivity index (χ1v) is 7.57. The molecule has 2 N–H and O–H groups in total. The average Bonchev–Trinajstić information content (AvgIpc) is 2.60. The molecule has 2 aromatic carbocycles. The van der Waals surface area contributed by atoms with Crippen LogP contribution in [-0.4, -0.2) is 28.9 Å². The Morgan fingerprint density at radius 2 is 1.42 bits per heavy atom. The number of halogens is 3. The highest BCUT2D eigenvalue weighted by molar-refractivity contribution is 5.85. The Morgan fingerprint density at radius 1 is 0.923 bits per heavy atom. The minimum absolute atomic E-state index is 0.107. The van der Waals surface area contributed by atoms with E-state index in [2.05, 4.69) is 0 Å². The Labute approximate surface area is 147 Å². The summed E-state index contributed by atoms with van der Waals surface area (Å²) in [4.78, 5) is 23.4. The molecule has 138 valence electrons. The van der Waals surface area contributed by atoms with Crippen molar-refractivity contribution in [3.05, 3.63) is 71.8 Å². The lowest BCUT2D eigenvalue weighted by atomic mass is 9.90. The van der Waals surface area contributed by atoms with Crippen molar-refractivity contribution in [3.63, 3.8) is 0 Å². The molecule has 0 saturated carbocycles. The van der Waals surface area contributed by atoms with Crippen molar-refractivity contribution in [1.29, 1.82) is 0 Å². The molecule has 0 radical (unpaired) electrons. The fourth-order valence-corrected chi connectivity index (χ4v) is 2.30. The van der Waals surface area contributed by atoms with E-state index in [1.807, 2.05) is 0 Å². The molecule has 1 amide bonds. The Morgan fingerprint density at radius 3 is 1.88 bits per heavy atom. The summed E-state index contributed by atoms with van der Waals surface area (Å²) in [7, 11) is 0. The second-order valence-electron chi connectivity index (χ2n) is 5.56. The second-order valence-corrected chi connectivity index (χ2v) is 5.56. The summed E-state index contributed by atoms with van der Waals surface area (Å²) in [5.74, 6) is -2.22. The van der Waals surface area contributed by atoms with E-state index >= 15 is 0 Å². The molecular weight excluding hydrogens is 351 g/mol. The Kier molecular flexibility index (Phi) is 5.86. The van der Waals surface area contributed by atoms with Crippen LogP contribution in [0.4, 0.5) is 18.0 Å². The summed E-state index contributed by atoms with van der Waals surface area (Å²) < 4.78 is 45.5. The number of nitrogens with one attached hydrogen (secondary N) is 1. The minimum Gasteiger partial charge on any atom is -0.479 e. The van der Waals surface area contributed by atoms with Gasteiger partial charge in [0.25, 0.3) is 0 Å². The third kappa shape index (κ3) is 4.53. The van der Waals surface area contributed by atoms with Gasteiger partial charge < -0.3 is 9.84 Å². The van der Waals surface area contributed by atoms with E-state index in [0.29, 0.717) is 5.56 Å². The fourth-order valence-electron chi connectivity index (χ4n) is 2.30. The van der Waals surface area contributed by atoms with Gasteiger partial charge in [-0.05, 0) is 11.1 Å². The number of carboxylic acids is 1. The van der Waals surface area contributed by atoms with Crippen LogP contribution < -0.4 is 5.32 Å². The standard InChI is InChI=1S/C18H16F3NO4/c19-18(20,21)17(15(23)24,11-13-7-3-1-4-8-13)22-16(25)26-12-14-9-5-2-6-10-14/h1-10H,11-12H2,(H,22,25)(H,23,24). The van der Waals surface area contributed by atoms with Crippen molar-refractivity contribution in [2.45, 2.75) is 24.7 Å². The predicted octanol–water partition coefficient (Wildman–Crippen LogP) is 3.54. The van der Waals surface area contributed by atoms with Gasteiger partial charge in [0.2, 0.25) is 5.54 Å². The molecule has 0 fully saturated rings.